The lowest BCUT2D eigenvalue weighted by molar-refractivity contribution is -0.117. The second-order valence-electron chi connectivity index (χ2n) is 6.59. The van der Waals surface area contributed by atoms with E-state index in [1.165, 1.54) is 16.2 Å². The first kappa shape index (κ1) is 18.1. The van der Waals surface area contributed by atoms with Crippen LogP contribution in [0.3, 0.4) is 0 Å². The Morgan fingerprint density at radius 1 is 1.12 bits per heavy atom. The SMILES string of the molecule is Cc1cc(NC(=O)C2CC2)sc1C(=O)Nc1ccccc1C(=O)N(C)C. The smallest absolute Gasteiger partial charge is 0.266 e. The molecule has 1 aliphatic carbocycles. The summed E-state index contributed by atoms with van der Waals surface area (Å²) in [7, 11) is 3.33. The summed E-state index contributed by atoms with van der Waals surface area (Å²) < 4.78 is 0. The Balaban J connectivity index is 1.77. The molecule has 0 bridgehead atoms. The zero-order valence-electron chi connectivity index (χ0n) is 15.0. The fraction of sp³-hybridized carbons (Fsp3) is 0.316. The van der Waals surface area contributed by atoms with E-state index in [1.807, 2.05) is 6.92 Å². The molecule has 0 radical (unpaired) electrons. The number of nitrogens with one attached hydrogen (secondary N) is 2. The van der Waals surface area contributed by atoms with E-state index in [1.54, 1.807) is 44.4 Å². The van der Waals surface area contributed by atoms with Crippen LogP contribution >= 0.6 is 11.3 Å². The number of aryl methyl sites for hydroxylation is 1. The number of amides is 3. The second-order valence-corrected chi connectivity index (χ2v) is 7.64. The zero-order chi connectivity index (χ0) is 18.8. The molecule has 26 heavy (non-hydrogen) atoms. The Morgan fingerprint density at radius 3 is 2.46 bits per heavy atom. The monoisotopic (exact) mass is 371 g/mol. The van der Waals surface area contributed by atoms with E-state index < -0.39 is 0 Å². The molecular weight excluding hydrogens is 350 g/mol. The quantitative estimate of drug-likeness (QED) is 0.846. The number of para-hydroxylation sites is 1. The van der Waals surface area contributed by atoms with Crippen LogP contribution in [0.2, 0.25) is 0 Å². The number of anilines is 2. The van der Waals surface area contributed by atoms with Gasteiger partial charge in [0, 0.05) is 20.0 Å². The highest BCUT2D eigenvalue weighted by Gasteiger charge is 2.30. The fourth-order valence-electron chi connectivity index (χ4n) is 2.54. The van der Waals surface area contributed by atoms with Gasteiger partial charge in [0.05, 0.1) is 21.1 Å². The molecule has 2 aromatic rings. The van der Waals surface area contributed by atoms with Gasteiger partial charge in [0.1, 0.15) is 0 Å². The van der Waals surface area contributed by atoms with E-state index in [4.69, 9.17) is 0 Å². The number of carbonyl (C=O) groups excluding carboxylic acids is 3. The van der Waals surface area contributed by atoms with Crippen molar-refractivity contribution in [3.8, 4) is 0 Å². The van der Waals surface area contributed by atoms with Crippen LogP contribution in [0.1, 0.15) is 38.4 Å². The largest absolute Gasteiger partial charge is 0.345 e. The molecule has 1 fully saturated rings. The molecular formula is C19H21N3O3S. The third-order valence-electron chi connectivity index (χ3n) is 4.13. The van der Waals surface area contributed by atoms with Crippen molar-refractivity contribution in [1.82, 2.24) is 4.90 Å². The number of hydrogen-bond acceptors (Lipinski definition) is 4. The van der Waals surface area contributed by atoms with Gasteiger partial charge in [0.2, 0.25) is 5.91 Å². The Hall–Kier alpha value is -2.67. The average molecular weight is 371 g/mol. The van der Waals surface area contributed by atoms with Crippen LogP contribution in [0.4, 0.5) is 10.7 Å². The third-order valence-corrected chi connectivity index (χ3v) is 5.28. The lowest BCUT2D eigenvalue weighted by atomic mass is 10.1. The second kappa shape index (κ2) is 7.29. The first-order valence-corrected chi connectivity index (χ1v) is 9.22. The van der Waals surface area contributed by atoms with Gasteiger partial charge in [-0.15, -0.1) is 11.3 Å². The summed E-state index contributed by atoms with van der Waals surface area (Å²) >= 11 is 1.24. The van der Waals surface area contributed by atoms with Gasteiger partial charge in [-0.1, -0.05) is 12.1 Å². The van der Waals surface area contributed by atoms with Crippen molar-refractivity contribution in [1.29, 1.82) is 0 Å². The molecule has 7 heteroatoms. The molecule has 3 amide bonds. The fourth-order valence-corrected chi connectivity index (χ4v) is 3.51. The van der Waals surface area contributed by atoms with Crippen molar-refractivity contribution >= 4 is 39.7 Å². The molecule has 2 N–H and O–H groups in total. The van der Waals surface area contributed by atoms with E-state index in [9.17, 15) is 14.4 Å². The summed E-state index contributed by atoms with van der Waals surface area (Å²) in [5.41, 5.74) is 1.69. The number of hydrogen-bond donors (Lipinski definition) is 2. The van der Waals surface area contributed by atoms with E-state index in [0.717, 1.165) is 18.4 Å². The van der Waals surface area contributed by atoms with Crippen LogP contribution in [-0.2, 0) is 4.79 Å². The minimum Gasteiger partial charge on any atom is -0.345 e. The lowest BCUT2D eigenvalue weighted by Gasteiger charge is -2.14. The summed E-state index contributed by atoms with van der Waals surface area (Å²) in [4.78, 5) is 38.8. The normalized spacial score (nSPS) is 13.2. The molecule has 1 saturated carbocycles. The maximum atomic E-state index is 12.7. The number of benzene rings is 1. The molecule has 1 aliphatic rings. The minimum atomic E-state index is -0.293. The molecule has 0 unspecified atom stereocenters. The van der Waals surface area contributed by atoms with Crippen molar-refractivity contribution in [2.75, 3.05) is 24.7 Å². The van der Waals surface area contributed by atoms with Gasteiger partial charge in [-0.25, -0.2) is 0 Å². The molecule has 0 saturated heterocycles. The third kappa shape index (κ3) is 3.94. The van der Waals surface area contributed by atoms with Crippen LogP contribution in [-0.4, -0.2) is 36.7 Å². The maximum Gasteiger partial charge on any atom is 0.266 e. The number of carbonyl (C=O) groups is 3. The Kier molecular flexibility index (Phi) is 5.08. The van der Waals surface area contributed by atoms with Crippen molar-refractivity contribution in [2.24, 2.45) is 5.92 Å². The van der Waals surface area contributed by atoms with Gasteiger partial charge in [-0.2, -0.15) is 0 Å². The van der Waals surface area contributed by atoms with Crippen molar-refractivity contribution in [3.05, 3.63) is 46.3 Å². The predicted octanol–water partition coefficient (Wildman–Crippen LogP) is 3.36. The molecule has 0 aliphatic heterocycles. The molecule has 0 spiro atoms. The molecule has 1 heterocycles. The van der Waals surface area contributed by atoms with Crippen LogP contribution in [0.5, 0.6) is 0 Å². The van der Waals surface area contributed by atoms with Crippen molar-refractivity contribution in [3.63, 3.8) is 0 Å². The predicted molar refractivity (Wildman–Crippen MR) is 103 cm³/mol. The van der Waals surface area contributed by atoms with Gasteiger partial charge in [0.15, 0.2) is 0 Å². The summed E-state index contributed by atoms with van der Waals surface area (Å²) in [6, 6.07) is 8.71. The number of nitrogens with zero attached hydrogens (tertiary/aromatic N) is 1. The topological polar surface area (TPSA) is 78.5 Å². The zero-order valence-corrected chi connectivity index (χ0v) is 15.8. The first-order valence-electron chi connectivity index (χ1n) is 8.40. The van der Waals surface area contributed by atoms with Gasteiger partial charge in [-0.3, -0.25) is 14.4 Å². The Bertz CT molecular complexity index is 869. The van der Waals surface area contributed by atoms with E-state index in [2.05, 4.69) is 10.6 Å². The standard InChI is InChI=1S/C19H21N3O3S/c1-11-10-15(21-17(23)12-8-9-12)26-16(11)18(24)20-14-7-5-4-6-13(14)19(25)22(2)3/h4-7,10,12H,8-9H2,1-3H3,(H,20,24)(H,21,23). The number of rotatable bonds is 5. The molecule has 1 aromatic heterocycles. The van der Waals surface area contributed by atoms with Crippen molar-refractivity contribution < 1.29 is 14.4 Å². The number of thiophene rings is 1. The Labute approximate surface area is 156 Å². The highest BCUT2D eigenvalue weighted by Crippen LogP contribution is 2.33. The summed E-state index contributed by atoms with van der Waals surface area (Å²) in [6.07, 6.45) is 1.86. The molecule has 3 rings (SSSR count). The summed E-state index contributed by atoms with van der Waals surface area (Å²) in [5.74, 6) is -0.349. The van der Waals surface area contributed by atoms with E-state index in [0.29, 0.717) is 21.1 Å². The van der Waals surface area contributed by atoms with Crippen LogP contribution in [0.25, 0.3) is 0 Å². The van der Waals surface area contributed by atoms with Gasteiger partial charge in [0.25, 0.3) is 11.8 Å². The van der Waals surface area contributed by atoms with Gasteiger partial charge < -0.3 is 15.5 Å². The molecule has 1 aromatic carbocycles. The minimum absolute atomic E-state index is 0.0140. The molecule has 0 atom stereocenters. The highest BCUT2D eigenvalue weighted by atomic mass is 32.1. The maximum absolute atomic E-state index is 12.7. The van der Waals surface area contributed by atoms with Crippen molar-refractivity contribution in [2.45, 2.75) is 19.8 Å². The summed E-state index contributed by atoms with van der Waals surface area (Å²) in [5, 5.41) is 6.35. The Morgan fingerprint density at radius 2 is 1.81 bits per heavy atom. The molecule has 6 nitrogen and oxygen atoms in total. The van der Waals surface area contributed by atoms with Gasteiger partial charge in [-0.05, 0) is 43.5 Å². The van der Waals surface area contributed by atoms with Crippen LogP contribution < -0.4 is 10.6 Å². The van der Waals surface area contributed by atoms with Gasteiger partial charge >= 0.3 is 0 Å². The van der Waals surface area contributed by atoms with E-state index >= 15 is 0 Å². The van der Waals surface area contributed by atoms with Crippen LogP contribution in [0, 0.1) is 12.8 Å². The first-order chi connectivity index (χ1) is 12.4. The van der Waals surface area contributed by atoms with E-state index in [-0.39, 0.29) is 23.6 Å². The van der Waals surface area contributed by atoms with Crippen LogP contribution in [0.15, 0.2) is 30.3 Å². The highest BCUT2D eigenvalue weighted by molar-refractivity contribution is 7.18. The average Bonchev–Trinajstić information content (AvgIpc) is 3.38. The lowest BCUT2D eigenvalue weighted by Crippen LogP contribution is -2.24. The molecule has 136 valence electrons. The summed E-state index contributed by atoms with van der Waals surface area (Å²) in [6.45, 7) is 1.83.